The number of likely N-dealkylation sites (N-methyl/N-ethyl adjacent to an activating group) is 1. The molecule has 20 heavy (non-hydrogen) atoms. The van der Waals surface area contributed by atoms with E-state index in [0.29, 0.717) is 19.4 Å². The highest BCUT2D eigenvalue weighted by atomic mass is 79.9. The predicted octanol–water partition coefficient (Wildman–Crippen LogP) is 2.93. The zero-order valence-corrected chi connectivity index (χ0v) is 13.1. The quantitative estimate of drug-likeness (QED) is 0.916. The summed E-state index contributed by atoms with van der Waals surface area (Å²) in [7, 11) is 1.69. The second kappa shape index (κ2) is 6.26. The zero-order valence-electron chi connectivity index (χ0n) is 11.5. The van der Waals surface area contributed by atoms with Gasteiger partial charge in [0, 0.05) is 23.6 Å². The summed E-state index contributed by atoms with van der Waals surface area (Å²) in [5, 5.41) is 2.84. The number of hydrogen-bond acceptors (Lipinski definition) is 3. The minimum Gasteiger partial charge on any atom is -0.444 e. The number of ether oxygens (including phenoxy) is 1. The van der Waals surface area contributed by atoms with Crippen molar-refractivity contribution in [2.24, 2.45) is 0 Å². The Balaban J connectivity index is 1.81. The van der Waals surface area contributed by atoms with Crippen molar-refractivity contribution in [2.45, 2.75) is 25.9 Å². The summed E-state index contributed by atoms with van der Waals surface area (Å²) in [5.74, 6) is -0.0719. The van der Waals surface area contributed by atoms with Crippen molar-refractivity contribution in [1.29, 1.82) is 0 Å². The number of halogens is 1. The fourth-order valence-electron chi connectivity index (χ4n) is 2.04. The molecule has 1 fully saturated rings. The highest BCUT2D eigenvalue weighted by molar-refractivity contribution is 9.10. The Labute approximate surface area is 126 Å². The van der Waals surface area contributed by atoms with Gasteiger partial charge in [0.2, 0.25) is 5.91 Å². The molecule has 1 aromatic rings. The molecule has 1 saturated heterocycles. The summed E-state index contributed by atoms with van der Waals surface area (Å²) in [6.07, 6.45) is 0.363. The molecule has 0 aromatic heterocycles. The molecule has 108 valence electrons. The fraction of sp³-hybridized carbons (Fsp3) is 0.429. The lowest BCUT2D eigenvalue weighted by Gasteiger charge is -2.09. The van der Waals surface area contributed by atoms with Gasteiger partial charge < -0.3 is 15.0 Å². The molecule has 0 aliphatic carbocycles. The Morgan fingerprint density at radius 2 is 2.30 bits per heavy atom. The van der Waals surface area contributed by atoms with E-state index < -0.39 is 0 Å². The van der Waals surface area contributed by atoms with Gasteiger partial charge in [-0.1, -0.05) is 15.9 Å². The van der Waals surface area contributed by atoms with Crippen molar-refractivity contribution in [3.8, 4) is 0 Å². The fourth-order valence-corrected chi connectivity index (χ4v) is 2.28. The van der Waals surface area contributed by atoms with E-state index in [4.69, 9.17) is 4.74 Å². The number of aryl methyl sites for hydroxylation is 1. The van der Waals surface area contributed by atoms with Gasteiger partial charge >= 0.3 is 6.09 Å². The third kappa shape index (κ3) is 3.72. The first-order valence-electron chi connectivity index (χ1n) is 6.43. The molecule has 1 unspecified atom stereocenters. The first-order chi connectivity index (χ1) is 9.45. The molecule has 0 bridgehead atoms. The largest absolute Gasteiger partial charge is 0.444 e. The van der Waals surface area contributed by atoms with Crippen LogP contribution in [0, 0.1) is 6.92 Å². The van der Waals surface area contributed by atoms with E-state index in [1.807, 2.05) is 25.1 Å². The van der Waals surface area contributed by atoms with E-state index in [9.17, 15) is 9.59 Å². The number of anilines is 1. The van der Waals surface area contributed by atoms with Gasteiger partial charge in [0.25, 0.3) is 0 Å². The van der Waals surface area contributed by atoms with Crippen molar-refractivity contribution in [3.63, 3.8) is 0 Å². The lowest BCUT2D eigenvalue weighted by atomic mass is 10.1. The number of hydrogen-bond donors (Lipinski definition) is 1. The van der Waals surface area contributed by atoms with Gasteiger partial charge in [-0.3, -0.25) is 4.79 Å². The highest BCUT2D eigenvalue weighted by Gasteiger charge is 2.28. The molecule has 5 nitrogen and oxygen atoms in total. The standard InChI is InChI=1S/C14H17BrN2O3/c1-9-7-10(3-5-12(9)15)16-13(18)6-4-11-8-17(2)14(19)20-11/h3,5,7,11H,4,6,8H2,1-2H3,(H,16,18). The molecule has 0 radical (unpaired) electrons. The summed E-state index contributed by atoms with van der Waals surface area (Å²) in [5.41, 5.74) is 1.84. The molecule has 2 rings (SSSR count). The molecule has 0 saturated carbocycles. The first kappa shape index (κ1) is 14.8. The smallest absolute Gasteiger partial charge is 0.409 e. The van der Waals surface area contributed by atoms with E-state index in [2.05, 4.69) is 21.2 Å². The summed E-state index contributed by atoms with van der Waals surface area (Å²) < 4.78 is 6.12. The monoisotopic (exact) mass is 340 g/mol. The highest BCUT2D eigenvalue weighted by Crippen LogP contribution is 2.20. The van der Waals surface area contributed by atoms with Crippen LogP contribution in [-0.4, -0.2) is 36.6 Å². The van der Waals surface area contributed by atoms with Crippen molar-refractivity contribution >= 4 is 33.6 Å². The van der Waals surface area contributed by atoms with E-state index in [1.165, 1.54) is 4.90 Å². The number of benzene rings is 1. The minimum atomic E-state index is -0.320. The van der Waals surface area contributed by atoms with Crippen LogP contribution >= 0.6 is 15.9 Å². The van der Waals surface area contributed by atoms with E-state index in [-0.39, 0.29) is 18.1 Å². The van der Waals surface area contributed by atoms with Crippen LogP contribution in [0.25, 0.3) is 0 Å². The van der Waals surface area contributed by atoms with Gasteiger partial charge in [-0.25, -0.2) is 4.79 Å². The van der Waals surface area contributed by atoms with Crippen molar-refractivity contribution < 1.29 is 14.3 Å². The zero-order chi connectivity index (χ0) is 14.7. The minimum absolute atomic E-state index is 0.0719. The van der Waals surface area contributed by atoms with E-state index >= 15 is 0 Å². The van der Waals surface area contributed by atoms with Gasteiger partial charge in [-0.2, -0.15) is 0 Å². The first-order valence-corrected chi connectivity index (χ1v) is 7.23. The van der Waals surface area contributed by atoms with Crippen LogP contribution in [0.2, 0.25) is 0 Å². The van der Waals surface area contributed by atoms with Crippen LogP contribution in [0.5, 0.6) is 0 Å². The molecule has 6 heteroatoms. The molecular formula is C14H17BrN2O3. The molecule has 2 amide bonds. The summed E-state index contributed by atoms with van der Waals surface area (Å²) in [6.45, 7) is 2.51. The molecule has 1 aliphatic heterocycles. The maximum atomic E-state index is 11.9. The Morgan fingerprint density at radius 3 is 2.90 bits per heavy atom. The van der Waals surface area contributed by atoms with Crippen LogP contribution in [-0.2, 0) is 9.53 Å². The van der Waals surface area contributed by atoms with Crippen molar-refractivity contribution in [1.82, 2.24) is 4.90 Å². The lowest BCUT2D eigenvalue weighted by molar-refractivity contribution is -0.116. The Kier molecular flexibility index (Phi) is 4.65. The normalized spacial score (nSPS) is 18.1. The average molecular weight is 341 g/mol. The van der Waals surface area contributed by atoms with Crippen LogP contribution in [0.3, 0.4) is 0 Å². The third-order valence-corrected chi connectivity index (χ3v) is 4.08. The van der Waals surface area contributed by atoms with Crippen molar-refractivity contribution in [2.75, 3.05) is 18.9 Å². The molecule has 1 aromatic carbocycles. The van der Waals surface area contributed by atoms with Gasteiger partial charge in [-0.05, 0) is 37.1 Å². The molecule has 1 aliphatic rings. The van der Waals surface area contributed by atoms with Gasteiger partial charge in [-0.15, -0.1) is 0 Å². The number of rotatable bonds is 4. The molecule has 1 N–H and O–H groups in total. The average Bonchev–Trinajstić information content (AvgIpc) is 2.71. The number of carbonyl (C=O) groups excluding carboxylic acids is 2. The molecule has 0 spiro atoms. The Morgan fingerprint density at radius 1 is 1.55 bits per heavy atom. The molecular weight excluding hydrogens is 324 g/mol. The molecule has 1 atom stereocenters. The van der Waals surface area contributed by atoms with Crippen molar-refractivity contribution in [3.05, 3.63) is 28.2 Å². The van der Waals surface area contributed by atoms with E-state index in [0.717, 1.165) is 15.7 Å². The van der Waals surface area contributed by atoms with E-state index in [1.54, 1.807) is 7.05 Å². The second-order valence-corrected chi connectivity index (χ2v) is 5.79. The van der Waals surface area contributed by atoms with Gasteiger partial charge in [0.15, 0.2) is 0 Å². The second-order valence-electron chi connectivity index (χ2n) is 4.94. The van der Waals surface area contributed by atoms with Gasteiger partial charge in [0.05, 0.1) is 6.54 Å². The Bertz CT molecular complexity index is 533. The number of carbonyl (C=O) groups is 2. The number of nitrogens with one attached hydrogen (secondary N) is 1. The lowest BCUT2D eigenvalue weighted by Crippen LogP contribution is -2.20. The van der Waals surface area contributed by atoms with Crippen LogP contribution in [0.15, 0.2) is 22.7 Å². The molecule has 1 heterocycles. The summed E-state index contributed by atoms with van der Waals surface area (Å²) in [4.78, 5) is 24.6. The van der Waals surface area contributed by atoms with Crippen LogP contribution in [0.1, 0.15) is 18.4 Å². The SMILES string of the molecule is Cc1cc(NC(=O)CCC2CN(C)C(=O)O2)ccc1Br. The summed E-state index contributed by atoms with van der Waals surface area (Å²) >= 11 is 3.42. The van der Waals surface area contributed by atoms with Gasteiger partial charge in [0.1, 0.15) is 6.10 Å². The predicted molar refractivity (Wildman–Crippen MR) is 79.6 cm³/mol. The maximum Gasteiger partial charge on any atom is 0.409 e. The Hall–Kier alpha value is -1.56. The number of amides is 2. The van der Waals surface area contributed by atoms with Crippen LogP contribution < -0.4 is 5.32 Å². The number of cyclic esters (lactones) is 1. The van der Waals surface area contributed by atoms with Crippen LogP contribution in [0.4, 0.5) is 10.5 Å². The summed E-state index contributed by atoms with van der Waals surface area (Å²) in [6, 6.07) is 5.66. The maximum absolute atomic E-state index is 11.9. The third-order valence-electron chi connectivity index (χ3n) is 3.19. The topological polar surface area (TPSA) is 58.6 Å². The number of nitrogens with zero attached hydrogens (tertiary/aromatic N) is 1.